The lowest BCUT2D eigenvalue weighted by Gasteiger charge is -2.22. The summed E-state index contributed by atoms with van der Waals surface area (Å²) < 4.78 is 1.69. The van der Waals surface area contributed by atoms with E-state index in [1.165, 1.54) is 5.01 Å². The minimum absolute atomic E-state index is 0. The number of imidazole rings is 1. The average Bonchev–Trinajstić information content (AvgIpc) is 3.46. The molecule has 3 heterocycles. The highest BCUT2D eigenvalue weighted by Crippen LogP contribution is 2.28. The van der Waals surface area contributed by atoms with Crippen LogP contribution in [-0.2, 0) is 0 Å². The van der Waals surface area contributed by atoms with Crippen molar-refractivity contribution in [3.63, 3.8) is 0 Å². The van der Waals surface area contributed by atoms with Crippen LogP contribution in [0.3, 0.4) is 0 Å². The van der Waals surface area contributed by atoms with Crippen molar-refractivity contribution in [1.29, 1.82) is 0 Å². The Kier molecular flexibility index (Phi) is 6.15. The van der Waals surface area contributed by atoms with E-state index < -0.39 is 0 Å². The third kappa shape index (κ3) is 4.31. The molecule has 2 amide bonds. The Labute approximate surface area is 191 Å². The standard InChI is InChI=1S/C24H18N6O.ClH/c31-24(30-22(13-15-27-30)19-7-2-1-3-8-19)28-20-9-4-6-18(16-20)11-12-21-17-25-23-10-5-14-26-29(21)23;/h1-10,14-17,22H,13H2,(H,28,31);1H/t22-;/m0./s1. The maximum atomic E-state index is 12.8. The maximum absolute atomic E-state index is 12.8. The molecule has 1 aliphatic rings. The molecule has 7 nitrogen and oxygen atoms in total. The first kappa shape index (κ1) is 21.1. The van der Waals surface area contributed by atoms with E-state index in [0.29, 0.717) is 17.8 Å². The SMILES string of the molecule is Cl.O=C(Nc1cccc(C#Cc2cnc3cccnn23)c1)N1N=CC[C@H]1c1ccccc1. The van der Waals surface area contributed by atoms with Gasteiger partial charge in [-0.3, -0.25) is 0 Å². The number of urea groups is 1. The Bertz CT molecular complexity index is 1340. The van der Waals surface area contributed by atoms with Crippen molar-refractivity contribution >= 4 is 36.0 Å². The molecule has 0 bridgehead atoms. The molecule has 1 atom stereocenters. The number of anilines is 1. The highest BCUT2D eigenvalue weighted by atomic mass is 35.5. The number of nitrogens with zero attached hydrogens (tertiary/aromatic N) is 5. The van der Waals surface area contributed by atoms with Crippen LogP contribution in [0.15, 0.2) is 84.2 Å². The van der Waals surface area contributed by atoms with E-state index in [4.69, 9.17) is 0 Å². The molecular formula is C24H19ClN6O. The summed E-state index contributed by atoms with van der Waals surface area (Å²) in [6.45, 7) is 0. The number of hydrogen-bond acceptors (Lipinski definition) is 4. The van der Waals surface area contributed by atoms with Gasteiger partial charge in [0.25, 0.3) is 0 Å². The second-order valence-corrected chi connectivity index (χ2v) is 7.00. The van der Waals surface area contributed by atoms with E-state index in [1.54, 1.807) is 23.1 Å². The zero-order valence-electron chi connectivity index (χ0n) is 16.9. The summed E-state index contributed by atoms with van der Waals surface area (Å²) in [7, 11) is 0. The fraction of sp³-hybridized carbons (Fsp3) is 0.0833. The Balaban J connectivity index is 0.00000245. The topological polar surface area (TPSA) is 74.9 Å². The Morgan fingerprint density at radius 3 is 2.78 bits per heavy atom. The number of rotatable bonds is 2. The van der Waals surface area contributed by atoms with Gasteiger partial charge in [-0.05, 0) is 41.8 Å². The van der Waals surface area contributed by atoms with E-state index in [9.17, 15) is 4.79 Å². The second-order valence-electron chi connectivity index (χ2n) is 7.00. The van der Waals surface area contributed by atoms with Crippen LogP contribution in [0.25, 0.3) is 5.65 Å². The number of carbonyl (C=O) groups is 1. The molecule has 32 heavy (non-hydrogen) atoms. The van der Waals surface area contributed by atoms with Crippen molar-refractivity contribution in [2.45, 2.75) is 12.5 Å². The van der Waals surface area contributed by atoms with Crippen LogP contribution in [0.2, 0.25) is 0 Å². The predicted molar refractivity (Wildman–Crippen MR) is 126 cm³/mol. The number of halogens is 1. The Morgan fingerprint density at radius 1 is 1.03 bits per heavy atom. The van der Waals surface area contributed by atoms with Gasteiger partial charge in [0, 0.05) is 30.1 Å². The van der Waals surface area contributed by atoms with Gasteiger partial charge >= 0.3 is 6.03 Å². The Hall–Kier alpha value is -4.15. The van der Waals surface area contributed by atoms with E-state index in [-0.39, 0.29) is 24.5 Å². The molecule has 0 spiro atoms. The van der Waals surface area contributed by atoms with Crippen LogP contribution in [0.1, 0.15) is 29.3 Å². The quantitative estimate of drug-likeness (QED) is 0.464. The second kappa shape index (κ2) is 9.33. The lowest BCUT2D eigenvalue weighted by atomic mass is 10.1. The summed E-state index contributed by atoms with van der Waals surface area (Å²) in [4.78, 5) is 17.1. The van der Waals surface area contributed by atoms with Gasteiger partial charge in [-0.1, -0.05) is 42.3 Å². The van der Waals surface area contributed by atoms with Gasteiger partial charge in [0.2, 0.25) is 0 Å². The van der Waals surface area contributed by atoms with Crippen LogP contribution in [0, 0.1) is 11.8 Å². The molecule has 0 radical (unpaired) electrons. The first-order valence-electron chi connectivity index (χ1n) is 9.86. The van der Waals surface area contributed by atoms with Gasteiger partial charge in [0.05, 0.1) is 12.2 Å². The molecule has 158 valence electrons. The number of hydrazone groups is 1. The van der Waals surface area contributed by atoms with Gasteiger partial charge < -0.3 is 5.32 Å². The van der Waals surface area contributed by atoms with Gasteiger partial charge in [0.1, 0.15) is 5.69 Å². The molecule has 0 fully saturated rings. The molecule has 4 aromatic rings. The summed E-state index contributed by atoms with van der Waals surface area (Å²) in [6.07, 6.45) is 5.84. The van der Waals surface area contributed by atoms with Crippen molar-refractivity contribution in [3.05, 3.63) is 95.9 Å². The molecule has 0 unspecified atom stereocenters. The highest BCUT2D eigenvalue weighted by Gasteiger charge is 2.28. The van der Waals surface area contributed by atoms with Crippen LogP contribution >= 0.6 is 12.4 Å². The molecule has 5 rings (SSSR count). The number of amides is 2. The summed E-state index contributed by atoms with van der Waals surface area (Å²) in [5.41, 5.74) is 3.92. The van der Waals surface area contributed by atoms with E-state index in [2.05, 4.69) is 32.3 Å². The van der Waals surface area contributed by atoms with E-state index in [1.807, 2.05) is 66.7 Å². The van der Waals surface area contributed by atoms with Crippen molar-refractivity contribution in [3.8, 4) is 11.8 Å². The molecule has 1 aliphatic heterocycles. The average molecular weight is 443 g/mol. The monoisotopic (exact) mass is 442 g/mol. The number of nitrogens with one attached hydrogen (secondary N) is 1. The molecule has 2 aromatic carbocycles. The molecule has 0 aliphatic carbocycles. The third-order valence-corrected chi connectivity index (χ3v) is 4.95. The van der Waals surface area contributed by atoms with E-state index in [0.717, 1.165) is 16.8 Å². The van der Waals surface area contributed by atoms with Gasteiger partial charge in [-0.15, -0.1) is 12.4 Å². The van der Waals surface area contributed by atoms with Crippen LogP contribution in [0.5, 0.6) is 0 Å². The van der Waals surface area contributed by atoms with Crippen LogP contribution < -0.4 is 5.32 Å². The van der Waals surface area contributed by atoms with Crippen molar-refractivity contribution in [2.24, 2.45) is 5.10 Å². The lowest BCUT2D eigenvalue weighted by molar-refractivity contribution is 0.200. The van der Waals surface area contributed by atoms with Crippen LogP contribution in [-0.4, -0.2) is 31.9 Å². The molecular weight excluding hydrogens is 424 g/mol. The first-order valence-corrected chi connectivity index (χ1v) is 9.86. The number of fused-ring (bicyclic) bond motifs is 1. The van der Waals surface area contributed by atoms with Gasteiger partial charge in [-0.2, -0.15) is 10.2 Å². The third-order valence-electron chi connectivity index (χ3n) is 4.95. The normalized spacial score (nSPS) is 14.5. The van der Waals surface area contributed by atoms with E-state index >= 15 is 0 Å². The molecule has 0 saturated heterocycles. The smallest absolute Gasteiger partial charge is 0.306 e. The fourth-order valence-electron chi connectivity index (χ4n) is 3.47. The molecule has 2 aromatic heterocycles. The summed E-state index contributed by atoms with van der Waals surface area (Å²) in [5.74, 6) is 6.20. The molecule has 0 saturated carbocycles. The lowest BCUT2D eigenvalue weighted by Crippen LogP contribution is -2.31. The molecule has 1 N–H and O–H groups in total. The van der Waals surface area contributed by atoms with Crippen molar-refractivity contribution < 1.29 is 4.79 Å². The van der Waals surface area contributed by atoms with Crippen molar-refractivity contribution in [2.75, 3.05) is 5.32 Å². The fourth-order valence-corrected chi connectivity index (χ4v) is 3.47. The largest absolute Gasteiger partial charge is 0.342 e. The highest BCUT2D eigenvalue weighted by molar-refractivity contribution is 5.91. The van der Waals surface area contributed by atoms with Gasteiger partial charge in [0.15, 0.2) is 5.65 Å². The molecule has 8 heteroatoms. The minimum atomic E-state index is -0.279. The van der Waals surface area contributed by atoms with Crippen LogP contribution in [0.4, 0.5) is 10.5 Å². The summed E-state index contributed by atoms with van der Waals surface area (Å²) in [5, 5.41) is 12.9. The van der Waals surface area contributed by atoms with Crippen molar-refractivity contribution in [1.82, 2.24) is 19.6 Å². The number of carbonyl (C=O) groups excluding carboxylic acids is 1. The first-order chi connectivity index (χ1) is 15.3. The number of hydrogen-bond donors (Lipinski definition) is 1. The predicted octanol–water partition coefficient (Wildman–Crippen LogP) is 4.52. The zero-order valence-corrected chi connectivity index (χ0v) is 17.7. The number of benzene rings is 2. The number of aromatic nitrogens is 3. The Morgan fingerprint density at radius 2 is 1.91 bits per heavy atom. The zero-order chi connectivity index (χ0) is 21.0. The summed E-state index contributed by atoms with van der Waals surface area (Å²) >= 11 is 0. The summed E-state index contributed by atoms with van der Waals surface area (Å²) in [6, 6.07) is 20.6. The van der Waals surface area contributed by atoms with Gasteiger partial charge in [-0.25, -0.2) is 19.3 Å². The maximum Gasteiger partial charge on any atom is 0.342 e. The minimum Gasteiger partial charge on any atom is -0.306 e.